The van der Waals surface area contributed by atoms with Gasteiger partial charge >= 0.3 is 0 Å². The Labute approximate surface area is 93.3 Å². The fraction of sp³-hybridized carbons (Fsp3) is 0.182. The van der Waals surface area contributed by atoms with Gasteiger partial charge in [0.2, 0.25) is 0 Å². The summed E-state index contributed by atoms with van der Waals surface area (Å²) < 4.78 is 0. The number of allylic oxidation sites excluding steroid dienone is 1. The summed E-state index contributed by atoms with van der Waals surface area (Å²) in [6, 6.07) is 7.24. The number of hydrogen-bond acceptors (Lipinski definition) is 1. The smallest absolute Gasteiger partial charge is 0.157 e. The molecule has 0 aliphatic rings. The molecule has 0 saturated heterocycles. The van der Waals surface area contributed by atoms with Crippen LogP contribution in [0.2, 0.25) is 5.02 Å². The lowest BCUT2D eigenvalue weighted by Gasteiger charge is -1.98. The average Bonchev–Trinajstić information content (AvgIpc) is 2.16. The highest BCUT2D eigenvalue weighted by Gasteiger charge is 2.01. The van der Waals surface area contributed by atoms with Gasteiger partial charge in [-0.25, -0.2) is 0 Å². The van der Waals surface area contributed by atoms with E-state index in [1.54, 1.807) is 18.2 Å². The van der Waals surface area contributed by atoms with Crippen molar-refractivity contribution in [1.82, 2.24) is 0 Å². The van der Waals surface area contributed by atoms with Gasteiger partial charge < -0.3 is 0 Å². The Bertz CT molecular complexity index is 352. The molecule has 0 amide bonds. The van der Waals surface area contributed by atoms with Gasteiger partial charge in [0.05, 0.1) is 5.88 Å². The van der Waals surface area contributed by atoms with Crippen molar-refractivity contribution in [3.05, 3.63) is 40.4 Å². The van der Waals surface area contributed by atoms with Crippen molar-refractivity contribution in [2.45, 2.75) is 6.92 Å². The number of carbonyl (C=O) groups is 1. The molecule has 74 valence electrons. The maximum Gasteiger partial charge on any atom is 0.157 e. The molecule has 0 heterocycles. The predicted molar refractivity (Wildman–Crippen MR) is 60.8 cm³/mol. The number of alkyl halides is 1. The number of carbonyl (C=O) groups excluding carboxylic acids is 1. The largest absolute Gasteiger partial charge is 0.295 e. The van der Waals surface area contributed by atoms with Gasteiger partial charge in [-0.1, -0.05) is 23.7 Å². The van der Waals surface area contributed by atoms with Crippen LogP contribution in [0, 0.1) is 0 Å². The lowest BCUT2D eigenvalue weighted by Crippen LogP contribution is -1.97. The zero-order valence-corrected chi connectivity index (χ0v) is 9.27. The van der Waals surface area contributed by atoms with E-state index in [4.69, 9.17) is 23.2 Å². The van der Waals surface area contributed by atoms with Gasteiger partial charge in [-0.2, -0.15) is 0 Å². The van der Waals surface area contributed by atoms with Crippen LogP contribution in [0.15, 0.2) is 29.8 Å². The maximum absolute atomic E-state index is 11.1. The molecule has 3 heteroatoms. The second-order valence-corrected chi connectivity index (χ2v) is 3.61. The molecule has 0 fully saturated rings. The Kier molecular flexibility index (Phi) is 4.18. The summed E-state index contributed by atoms with van der Waals surface area (Å²) in [6.45, 7) is 1.50. The molecule has 0 aliphatic heterocycles. The van der Waals surface area contributed by atoms with Crippen LogP contribution in [0.3, 0.4) is 0 Å². The van der Waals surface area contributed by atoms with Crippen LogP contribution in [0.25, 0.3) is 6.08 Å². The SMILES string of the molecule is CC(=O)/C(=C\c1ccc(Cl)cc1)CCl. The van der Waals surface area contributed by atoms with E-state index in [2.05, 4.69) is 0 Å². The number of Topliss-reactive ketones (excluding diaryl/α,β-unsaturated/α-hetero) is 1. The van der Waals surface area contributed by atoms with E-state index in [0.717, 1.165) is 5.56 Å². The van der Waals surface area contributed by atoms with Gasteiger partial charge in [0.25, 0.3) is 0 Å². The highest BCUT2D eigenvalue weighted by molar-refractivity contribution is 6.30. The third-order valence-corrected chi connectivity index (χ3v) is 2.35. The second kappa shape index (κ2) is 5.18. The predicted octanol–water partition coefficient (Wildman–Crippen LogP) is 3.55. The maximum atomic E-state index is 11.1. The van der Waals surface area contributed by atoms with Crippen LogP contribution in [0.5, 0.6) is 0 Å². The summed E-state index contributed by atoms with van der Waals surface area (Å²) in [6.07, 6.45) is 1.77. The summed E-state index contributed by atoms with van der Waals surface area (Å²) >= 11 is 11.4. The molecule has 1 nitrogen and oxygen atoms in total. The molecular formula is C11H10Cl2O. The second-order valence-electron chi connectivity index (χ2n) is 2.91. The first kappa shape index (κ1) is 11.3. The van der Waals surface area contributed by atoms with Crippen molar-refractivity contribution in [3.8, 4) is 0 Å². The molecule has 14 heavy (non-hydrogen) atoms. The minimum atomic E-state index is -0.00468. The molecular weight excluding hydrogens is 219 g/mol. The lowest BCUT2D eigenvalue weighted by molar-refractivity contribution is -0.113. The fourth-order valence-electron chi connectivity index (χ4n) is 0.994. The van der Waals surface area contributed by atoms with Crippen molar-refractivity contribution in [2.24, 2.45) is 0 Å². The van der Waals surface area contributed by atoms with E-state index in [0.29, 0.717) is 10.6 Å². The van der Waals surface area contributed by atoms with Crippen LogP contribution in [0.1, 0.15) is 12.5 Å². The van der Waals surface area contributed by atoms with Gasteiger partial charge in [0, 0.05) is 10.6 Å². The van der Waals surface area contributed by atoms with Gasteiger partial charge in [0.1, 0.15) is 0 Å². The molecule has 0 aliphatic carbocycles. The molecule has 0 atom stereocenters. The molecule has 1 aromatic rings. The van der Waals surface area contributed by atoms with E-state index in [-0.39, 0.29) is 11.7 Å². The van der Waals surface area contributed by atoms with Crippen LogP contribution in [0.4, 0.5) is 0 Å². The Morgan fingerprint density at radius 2 is 1.93 bits per heavy atom. The monoisotopic (exact) mass is 228 g/mol. The summed E-state index contributed by atoms with van der Waals surface area (Å²) in [7, 11) is 0. The van der Waals surface area contributed by atoms with Crippen molar-refractivity contribution in [3.63, 3.8) is 0 Å². The molecule has 0 saturated carbocycles. The number of benzene rings is 1. The van der Waals surface area contributed by atoms with Crippen molar-refractivity contribution < 1.29 is 4.79 Å². The Balaban J connectivity index is 2.95. The third-order valence-electron chi connectivity index (χ3n) is 1.81. The minimum absolute atomic E-state index is 0.00468. The Hall–Kier alpha value is -0.790. The average molecular weight is 229 g/mol. The minimum Gasteiger partial charge on any atom is -0.295 e. The molecule has 0 aromatic heterocycles. The third kappa shape index (κ3) is 3.17. The normalized spacial score (nSPS) is 11.5. The summed E-state index contributed by atoms with van der Waals surface area (Å²) in [5.41, 5.74) is 1.54. The van der Waals surface area contributed by atoms with Crippen molar-refractivity contribution >= 4 is 35.1 Å². The standard InChI is InChI=1S/C11H10Cl2O/c1-8(14)10(7-12)6-9-2-4-11(13)5-3-9/h2-6H,7H2,1H3/b10-6-. The van der Waals surface area contributed by atoms with Crippen molar-refractivity contribution in [2.75, 3.05) is 5.88 Å². The Morgan fingerprint density at radius 1 is 1.36 bits per heavy atom. The van der Waals surface area contributed by atoms with Crippen molar-refractivity contribution in [1.29, 1.82) is 0 Å². The summed E-state index contributed by atoms with van der Waals surface area (Å²) in [4.78, 5) is 11.1. The van der Waals surface area contributed by atoms with Gasteiger partial charge in [-0.3, -0.25) is 4.79 Å². The van der Waals surface area contributed by atoms with E-state index in [9.17, 15) is 4.79 Å². The van der Waals surface area contributed by atoms with E-state index in [1.807, 2.05) is 12.1 Å². The zero-order valence-electron chi connectivity index (χ0n) is 7.76. The lowest BCUT2D eigenvalue weighted by atomic mass is 10.1. The topological polar surface area (TPSA) is 17.1 Å². The first-order chi connectivity index (χ1) is 6.63. The quantitative estimate of drug-likeness (QED) is 0.572. The molecule has 1 rings (SSSR count). The Morgan fingerprint density at radius 3 is 2.36 bits per heavy atom. The van der Waals surface area contributed by atoms with Crippen LogP contribution < -0.4 is 0 Å². The molecule has 1 aromatic carbocycles. The number of rotatable bonds is 3. The number of hydrogen-bond donors (Lipinski definition) is 0. The highest BCUT2D eigenvalue weighted by Crippen LogP contribution is 2.13. The van der Waals surface area contributed by atoms with E-state index in [1.165, 1.54) is 6.92 Å². The first-order valence-electron chi connectivity index (χ1n) is 4.16. The summed E-state index contributed by atoms with van der Waals surface area (Å²) in [5, 5.41) is 0.678. The van der Waals surface area contributed by atoms with E-state index < -0.39 is 0 Å². The highest BCUT2D eigenvalue weighted by atomic mass is 35.5. The molecule has 0 bridgehead atoms. The van der Waals surface area contributed by atoms with E-state index >= 15 is 0 Å². The molecule has 0 spiro atoms. The fourth-order valence-corrected chi connectivity index (χ4v) is 1.39. The molecule has 0 unspecified atom stereocenters. The first-order valence-corrected chi connectivity index (χ1v) is 5.08. The molecule has 0 N–H and O–H groups in total. The summed E-state index contributed by atoms with van der Waals surface area (Å²) in [5.74, 6) is 0.229. The van der Waals surface area contributed by atoms with Crippen LogP contribution in [-0.2, 0) is 4.79 Å². The van der Waals surface area contributed by atoms with Gasteiger partial charge in [-0.15, -0.1) is 11.6 Å². The van der Waals surface area contributed by atoms with Crippen LogP contribution in [-0.4, -0.2) is 11.7 Å². The molecule has 0 radical (unpaired) electrons. The zero-order chi connectivity index (χ0) is 10.6. The number of halogens is 2. The number of ketones is 1. The van der Waals surface area contributed by atoms with Gasteiger partial charge in [0.15, 0.2) is 5.78 Å². The van der Waals surface area contributed by atoms with Crippen LogP contribution >= 0.6 is 23.2 Å². The van der Waals surface area contributed by atoms with Gasteiger partial charge in [-0.05, 0) is 30.7 Å².